The number of benzene rings is 2. The third-order valence-electron chi connectivity index (χ3n) is 5.64. The molecule has 0 aliphatic carbocycles. The molecule has 0 saturated heterocycles. The van der Waals surface area contributed by atoms with Crippen LogP contribution < -0.4 is 14.4 Å². The van der Waals surface area contributed by atoms with Crippen LogP contribution in [0.25, 0.3) is 0 Å². The molecule has 0 spiro atoms. The number of nitrogens with zero attached hydrogens (tertiary/aromatic N) is 1. The maximum absolute atomic E-state index is 11.7. The Hall–Kier alpha value is -3.33. The van der Waals surface area contributed by atoms with Crippen LogP contribution in [0.3, 0.4) is 0 Å². The van der Waals surface area contributed by atoms with Crippen molar-refractivity contribution in [1.29, 1.82) is 0 Å². The highest BCUT2D eigenvalue weighted by Gasteiger charge is 2.26. The second-order valence-corrected chi connectivity index (χ2v) is 9.90. The minimum atomic E-state index is -0.966. The average Bonchev–Trinajstić information content (AvgIpc) is 3.54. The Kier molecular flexibility index (Phi) is 7.32. The maximum atomic E-state index is 11.7. The van der Waals surface area contributed by atoms with Crippen LogP contribution in [0.15, 0.2) is 77.5 Å². The summed E-state index contributed by atoms with van der Waals surface area (Å²) in [4.78, 5) is 14.0. The molecule has 1 atom stereocenters. The second kappa shape index (κ2) is 10.9. The van der Waals surface area contributed by atoms with Crippen LogP contribution in [0, 0.1) is 0 Å². The van der Waals surface area contributed by atoms with E-state index in [0.717, 1.165) is 51.3 Å². The van der Waals surface area contributed by atoms with Gasteiger partial charge in [-0.2, -0.15) is 0 Å². The Labute approximate surface area is 211 Å². The van der Waals surface area contributed by atoms with E-state index >= 15 is 0 Å². The van der Waals surface area contributed by atoms with Gasteiger partial charge in [0, 0.05) is 13.0 Å². The summed E-state index contributed by atoms with van der Waals surface area (Å²) >= 11 is 3.36. The first kappa shape index (κ1) is 23.4. The molecule has 180 valence electrons. The number of hydrogen-bond donors (Lipinski definition) is 1. The van der Waals surface area contributed by atoms with Gasteiger partial charge in [-0.05, 0) is 52.6 Å². The largest absolute Gasteiger partial charge is 0.494 e. The van der Waals surface area contributed by atoms with Gasteiger partial charge in [0.15, 0.2) is 17.6 Å². The molecular weight excluding hydrogens is 482 g/mol. The third-order valence-corrected chi connectivity index (χ3v) is 7.47. The molecule has 1 N–H and O–H groups in total. The van der Waals surface area contributed by atoms with E-state index in [-0.39, 0.29) is 6.61 Å². The maximum Gasteiger partial charge on any atom is 0.333 e. The van der Waals surface area contributed by atoms with E-state index in [1.807, 2.05) is 77.5 Å². The Morgan fingerprint density at radius 2 is 1.60 bits per heavy atom. The van der Waals surface area contributed by atoms with Gasteiger partial charge < -0.3 is 24.2 Å². The minimum absolute atomic E-state index is 0.266. The lowest BCUT2D eigenvalue weighted by Crippen LogP contribution is -2.26. The second-order valence-electron chi connectivity index (χ2n) is 8.11. The minimum Gasteiger partial charge on any atom is -0.494 e. The molecule has 8 heteroatoms. The Bertz CT molecular complexity index is 1210. The van der Waals surface area contributed by atoms with Crippen LogP contribution in [0.4, 0.5) is 10.0 Å². The lowest BCUT2D eigenvalue weighted by molar-refractivity contribution is -0.151. The predicted octanol–water partition coefficient (Wildman–Crippen LogP) is 6.74. The van der Waals surface area contributed by atoms with E-state index in [9.17, 15) is 9.90 Å². The zero-order chi connectivity index (χ0) is 24.0. The number of fused-ring (bicyclic) bond motifs is 2. The zero-order valence-corrected chi connectivity index (χ0v) is 20.6. The Morgan fingerprint density at radius 3 is 2.26 bits per heavy atom. The summed E-state index contributed by atoms with van der Waals surface area (Å²) in [6.45, 7) is 1.68. The molecule has 1 aliphatic heterocycles. The van der Waals surface area contributed by atoms with Crippen LogP contribution in [0.2, 0.25) is 0 Å². The SMILES string of the molecule is O=C(O)C(Cc1ccc(OCCCN2c3sccc3Oc3ccsc32)cc1)OCc1ccccc1. The fourth-order valence-corrected chi connectivity index (χ4v) is 5.65. The standard InChI is InChI=1S/C27H25NO5S2/c29-27(30)24(32-18-20-5-2-1-3-6-20)17-19-7-9-21(10-8-19)31-14-4-13-28-25-22(11-15-34-25)33-23-12-16-35-26(23)28/h1-3,5-12,15-16,24H,4,13-14,17-18H2,(H,29,30). The number of anilines is 2. The Morgan fingerprint density at radius 1 is 0.914 bits per heavy atom. The fourth-order valence-electron chi connectivity index (χ4n) is 3.88. The number of carboxylic acids is 1. The zero-order valence-electron chi connectivity index (χ0n) is 19.0. The summed E-state index contributed by atoms with van der Waals surface area (Å²) in [7, 11) is 0. The number of hydrogen-bond acceptors (Lipinski definition) is 7. The van der Waals surface area contributed by atoms with E-state index in [1.165, 1.54) is 0 Å². The van der Waals surface area contributed by atoms with Crippen molar-refractivity contribution in [2.75, 3.05) is 18.1 Å². The first-order chi connectivity index (χ1) is 17.2. The van der Waals surface area contributed by atoms with Gasteiger partial charge in [-0.25, -0.2) is 4.79 Å². The molecule has 0 bridgehead atoms. The first-order valence-corrected chi connectivity index (χ1v) is 13.1. The number of rotatable bonds is 11. The lowest BCUT2D eigenvalue weighted by atomic mass is 10.1. The molecule has 2 aromatic heterocycles. The fraction of sp³-hybridized carbons (Fsp3) is 0.222. The van der Waals surface area contributed by atoms with Gasteiger partial charge in [-0.15, -0.1) is 22.7 Å². The molecule has 0 saturated carbocycles. The van der Waals surface area contributed by atoms with Crippen molar-refractivity contribution in [2.24, 2.45) is 0 Å². The summed E-state index contributed by atoms with van der Waals surface area (Å²) in [5.74, 6) is 1.61. The van der Waals surface area contributed by atoms with E-state index in [4.69, 9.17) is 14.2 Å². The summed E-state index contributed by atoms with van der Waals surface area (Å²) in [5.41, 5.74) is 1.84. The van der Waals surface area contributed by atoms with E-state index < -0.39 is 12.1 Å². The van der Waals surface area contributed by atoms with Gasteiger partial charge in [0.1, 0.15) is 15.8 Å². The summed E-state index contributed by atoms with van der Waals surface area (Å²) in [6, 6.07) is 21.2. The smallest absolute Gasteiger partial charge is 0.333 e. The van der Waals surface area contributed by atoms with Crippen LogP contribution in [0.1, 0.15) is 17.5 Å². The average molecular weight is 508 g/mol. The van der Waals surface area contributed by atoms with E-state index in [1.54, 1.807) is 22.7 Å². The van der Waals surface area contributed by atoms with Crippen molar-refractivity contribution in [3.8, 4) is 17.2 Å². The molecule has 5 rings (SSSR count). The first-order valence-electron chi connectivity index (χ1n) is 11.4. The van der Waals surface area contributed by atoms with Gasteiger partial charge in [-0.3, -0.25) is 0 Å². The van der Waals surface area contributed by atoms with Crippen LogP contribution >= 0.6 is 22.7 Å². The van der Waals surface area contributed by atoms with Gasteiger partial charge in [0.25, 0.3) is 0 Å². The van der Waals surface area contributed by atoms with Gasteiger partial charge in [-0.1, -0.05) is 42.5 Å². The van der Waals surface area contributed by atoms with E-state index in [0.29, 0.717) is 13.0 Å². The molecule has 35 heavy (non-hydrogen) atoms. The van der Waals surface area contributed by atoms with Crippen LogP contribution in [-0.2, 0) is 22.6 Å². The van der Waals surface area contributed by atoms with Gasteiger partial charge in [0.2, 0.25) is 0 Å². The molecular formula is C27H25NO5S2. The van der Waals surface area contributed by atoms with Crippen molar-refractivity contribution in [2.45, 2.75) is 25.6 Å². The Balaban J connectivity index is 1.11. The van der Waals surface area contributed by atoms with Crippen molar-refractivity contribution in [1.82, 2.24) is 0 Å². The molecule has 3 heterocycles. The number of thiophene rings is 2. The molecule has 1 aliphatic rings. The topological polar surface area (TPSA) is 68.2 Å². The highest BCUT2D eigenvalue weighted by molar-refractivity contribution is 7.17. The van der Waals surface area contributed by atoms with E-state index in [2.05, 4.69) is 4.90 Å². The molecule has 1 unspecified atom stereocenters. The molecule has 0 fully saturated rings. The number of ether oxygens (including phenoxy) is 3. The van der Waals surface area contributed by atoms with Gasteiger partial charge in [0.05, 0.1) is 13.2 Å². The number of aliphatic carboxylic acids is 1. The summed E-state index contributed by atoms with van der Waals surface area (Å²) < 4.78 is 17.6. The molecule has 4 aromatic rings. The number of carboxylic acid groups (broad SMARTS) is 1. The molecule has 0 radical (unpaired) electrons. The van der Waals surface area contributed by atoms with Crippen LogP contribution in [-0.4, -0.2) is 30.3 Å². The predicted molar refractivity (Wildman–Crippen MR) is 139 cm³/mol. The molecule has 0 amide bonds. The van der Waals surface area contributed by atoms with Crippen molar-refractivity contribution in [3.05, 3.63) is 88.6 Å². The highest BCUT2D eigenvalue weighted by atomic mass is 32.1. The van der Waals surface area contributed by atoms with Gasteiger partial charge >= 0.3 is 5.97 Å². The van der Waals surface area contributed by atoms with Crippen molar-refractivity contribution in [3.63, 3.8) is 0 Å². The van der Waals surface area contributed by atoms with Crippen LogP contribution in [0.5, 0.6) is 17.2 Å². The molecule has 6 nitrogen and oxygen atoms in total. The monoisotopic (exact) mass is 507 g/mol. The summed E-state index contributed by atoms with van der Waals surface area (Å²) in [5, 5.41) is 15.9. The van der Waals surface area contributed by atoms with Crippen molar-refractivity contribution < 1.29 is 24.1 Å². The van der Waals surface area contributed by atoms with Crippen molar-refractivity contribution >= 4 is 38.6 Å². The normalized spacial score (nSPS) is 13.0. The molecule has 2 aromatic carbocycles. The highest BCUT2D eigenvalue weighted by Crippen LogP contribution is 2.51. The summed E-state index contributed by atoms with van der Waals surface area (Å²) in [6.07, 6.45) is 0.246. The quantitative estimate of drug-likeness (QED) is 0.227. The lowest BCUT2D eigenvalue weighted by Gasteiger charge is -2.27. The third kappa shape index (κ3) is 5.67. The number of carbonyl (C=O) groups is 1.